The van der Waals surface area contributed by atoms with Gasteiger partial charge in [0.05, 0.1) is 24.5 Å². The number of benzene rings is 3. The third-order valence-electron chi connectivity index (χ3n) is 9.36. The molecule has 4 heterocycles. The number of hydrogen-bond donors (Lipinski definition) is 1. The molecule has 9 nitrogen and oxygen atoms in total. The van der Waals surface area contributed by atoms with E-state index in [1.54, 1.807) is 10.9 Å². The number of fused-ring (bicyclic) bond motifs is 2. The van der Waals surface area contributed by atoms with Crippen molar-refractivity contribution in [3.63, 3.8) is 0 Å². The number of ether oxygens (including phenoxy) is 1. The molecular formula is C35H37N5O4. The van der Waals surface area contributed by atoms with Crippen LogP contribution in [0.15, 0.2) is 85.1 Å². The van der Waals surface area contributed by atoms with Gasteiger partial charge in [-0.3, -0.25) is 14.3 Å². The zero-order valence-electron chi connectivity index (χ0n) is 24.9. The lowest BCUT2D eigenvalue weighted by Crippen LogP contribution is -2.43. The molecule has 9 heteroatoms. The van der Waals surface area contributed by atoms with Crippen molar-refractivity contribution in [3.8, 4) is 0 Å². The van der Waals surface area contributed by atoms with Crippen LogP contribution in [0.25, 0.3) is 0 Å². The average Bonchev–Trinajstić information content (AvgIpc) is 3.73. The summed E-state index contributed by atoms with van der Waals surface area (Å²) in [5, 5.41) is 19.1. The molecule has 2 saturated heterocycles. The Morgan fingerprint density at radius 2 is 1.77 bits per heavy atom. The van der Waals surface area contributed by atoms with E-state index < -0.39 is 11.7 Å². The Bertz CT molecular complexity index is 1660. The van der Waals surface area contributed by atoms with Crippen LogP contribution in [0.1, 0.15) is 67.5 Å². The predicted molar refractivity (Wildman–Crippen MR) is 166 cm³/mol. The smallest absolute Gasteiger partial charge is 0.264 e. The Morgan fingerprint density at radius 1 is 1.00 bits per heavy atom. The van der Waals surface area contributed by atoms with Crippen LogP contribution < -0.4 is 9.80 Å². The van der Waals surface area contributed by atoms with Gasteiger partial charge in [0, 0.05) is 36.7 Å². The summed E-state index contributed by atoms with van der Waals surface area (Å²) >= 11 is 0. The van der Waals surface area contributed by atoms with E-state index in [4.69, 9.17) is 4.74 Å². The molecule has 0 unspecified atom stereocenters. The SMILES string of the molecule is C[C@H]1C[C@@H](CCn2cc([C@H](O)c3ccccc3)nn2)O[C@]12C(=O)N(Cc1ccc(N3CCCCC3=O)cc1)c1ccccc12. The highest BCUT2D eigenvalue weighted by atomic mass is 16.5. The first-order valence-electron chi connectivity index (χ1n) is 15.6. The van der Waals surface area contributed by atoms with Crippen LogP contribution in [0.5, 0.6) is 0 Å². The molecular weight excluding hydrogens is 554 g/mol. The normalized spacial score (nSPS) is 23.9. The van der Waals surface area contributed by atoms with Gasteiger partial charge in [-0.25, -0.2) is 0 Å². The molecule has 44 heavy (non-hydrogen) atoms. The molecule has 0 saturated carbocycles. The molecule has 1 aromatic heterocycles. The Balaban J connectivity index is 1.05. The summed E-state index contributed by atoms with van der Waals surface area (Å²) in [6, 6.07) is 25.4. The van der Waals surface area contributed by atoms with Gasteiger partial charge in [-0.1, -0.05) is 72.8 Å². The van der Waals surface area contributed by atoms with Gasteiger partial charge in [0.2, 0.25) is 5.91 Å². The van der Waals surface area contributed by atoms with Crippen molar-refractivity contribution in [2.24, 2.45) is 5.92 Å². The number of nitrogens with zero attached hydrogens (tertiary/aromatic N) is 5. The van der Waals surface area contributed by atoms with Crippen molar-refractivity contribution < 1.29 is 19.4 Å². The second kappa shape index (κ2) is 11.6. The molecule has 4 atom stereocenters. The van der Waals surface area contributed by atoms with Crippen LogP contribution in [-0.2, 0) is 33.0 Å². The largest absolute Gasteiger partial charge is 0.382 e. The van der Waals surface area contributed by atoms with Crippen molar-refractivity contribution in [1.82, 2.24) is 15.0 Å². The van der Waals surface area contributed by atoms with Gasteiger partial charge >= 0.3 is 0 Å². The first kappa shape index (κ1) is 28.4. The predicted octanol–water partition coefficient (Wildman–Crippen LogP) is 5.13. The van der Waals surface area contributed by atoms with Crippen LogP contribution in [0.3, 0.4) is 0 Å². The number of para-hydroxylation sites is 1. The van der Waals surface area contributed by atoms with Gasteiger partial charge in [0.1, 0.15) is 11.8 Å². The Morgan fingerprint density at radius 3 is 2.57 bits per heavy atom. The molecule has 1 N–H and O–H groups in total. The fourth-order valence-corrected chi connectivity index (χ4v) is 7.03. The Labute approximate surface area is 257 Å². The van der Waals surface area contributed by atoms with Crippen LogP contribution in [-0.4, -0.2) is 44.6 Å². The Hall–Kier alpha value is -4.34. The quantitative estimate of drug-likeness (QED) is 0.305. The van der Waals surface area contributed by atoms with Crippen LogP contribution in [0.4, 0.5) is 11.4 Å². The van der Waals surface area contributed by atoms with Gasteiger partial charge in [0.15, 0.2) is 5.60 Å². The minimum absolute atomic E-state index is 0.00940. The maximum absolute atomic E-state index is 14.3. The number of carbonyl (C=O) groups is 2. The van der Waals surface area contributed by atoms with Gasteiger partial charge in [0.25, 0.3) is 5.91 Å². The molecule has 7 rings (SSSR count). The van der Waals surface area contributed by atoms with Crippen molar-refractivity contribution in [1.29, 1.82) is 0 Å². The second-order valence-electron chi connectivity index (χ2n) is 12.2. The minimum Gasteiger partial charge on any atom is -0.382 e. The van der Waals surface area contributed by atoms with E-state index in [1.165, 1.54) is 0 Å². The molecule has 1 spiro atoms. The maximum atomic E-state index is 14.3. The fourth-order valence-electron chi connectivity index (χ4n) is 7.03. The van der Waals surface area contributed by atoms with Gasteiger partial charge in [-0.05, 0) is 55.0 Å². The molecule has 2 amide bonds. The molecule has 3 aliphatic rings. The summed E-state index contributed by atoms with van der Waals surface area (Å²) in [5.74, 6) is 0.133. The van der Waals surface area contributed by atoms with E-state index in [2.05, 4.69) is 17.2 Å². The number of aliphatic hydroxyl groups excluding tert-OH is 1. The number of aryl methyl sites for hydroxylation is 1. The molecule has 0 bridgehead atoms. The standard InChI is InChI=1S/C35H37N5O4/c1-24-21-28(18-20-38-23-30(36-37-38)33(42)26-9-3-2-4-10-26)44-35(24)29-11-5-6-12-31(29)40(34(35)43)22-25-14-16-27(17-15-25)39-19-8-7-13-32(39)41/h2-6,9-12,14-17,23-24,28,33,42H,7-8,13,18-22H2,1H3/t24-,28+,33+,35+/m0/s1. The lowest BCUT2D eigenvalue weighted by atomic mass is 9.83. The van der Waals surface area contributed by atoms with Crippen molar-refractivity contribution in [3.05, 3.63) is 107 Å². The number of aliphatic hydroxyl groups is 1. The first-order chi connectivity index (χ1) is 21.4. The molecule has 3 aliphatic heterocycles. The van der Waals surface area contributed by atoms with E-state index in [-0.39, 0.29) is 23.8 Å². The van der Waals surface area contributed by atoms with E-state index >= 15 is 0 Å². The highest BCUT2D eigenvalue weighted by Crippen LogP contribution is 2.53. The van der Waals surface area contributed by atoms with E-state index in [0.717, 1.165) is 53.9 Å². The monoisotopic (exact) mass is 591 g/mol. The van der Waals surface area contributed by atoms with E-state index in [1.807, 2.05) is 88.7 Å². The summed E-state index contributed by atoms with van der Waals surface area (Å²) in [6.07, 6.45) is 4.80. The van der Waals surface area contributed by atoms with Crippen molar-refractivity contribution in [2.45, 2.75) is 69.9 Å². The number of amides is 2. The Kier molecular flexibility index (Phi) is 7.52. The molecule has 0 aliphatic carbocycles. The van der Waals surface area contributed by atoms with Crippen LogP contribution in [0.2, 0.25) is 0 Å². The second-order valence-corrected chi connectivity index (χ2v) is 12.2. The molecule has 3 aromatic carbocycles. The fraction of sp³-hybridized carbons (Fsp3) is 0.371. The molecule has 0 radical (unpaired) electrons. The number of anilines is 2. The van der Waals surface area contributed by atoms with Crippen LogP contribution in [0, 0.1) is 5.92 Å². The zero-order valence-corrected chi connectivity index (χ0v) is 24.9. The lowest BCUT2D eigenvalue weighted by Gasteiger charge is -2.28. The summed E-state index contributed by atoms with van der Waals surface area (Å²) in [5.41, 5.74) is 3.96. The number of rotatable bonds is 8. The van der Waals surface area contributed by atoms with Gasteiger partial charge in [-0.15, -0.1) is 5.10 Å². The summed E-state index contributed by atoms with van der Waals surface area (Å²) in [4.78, 5) is 30.4. The number of aromatic nitrogens is 3. The molecule has 4 aromatic rings. The summed E-state index contributed by atoms with van der Waals surface area (Å²) in [7, 11) is 0. The van der Waals surface area contributed by atoms with Crippen LogP contribution >= 0.6 is 0 Å². The van der Waals surface area contributed by atoms with E-state index in [9.17, 15) is 14.7 Å². The lowest BCUT2D eigenvalue weighted by molar-refractivity contribution is -0.146. The average molecular weight is 592 g/mol. The topological polar surface area (TPSA) is 101 Å². The summed E-state index contributed by atoms with van der Waals surface area (Å²) in [6.45, 7) is 3.85. The number of piperidine rings is 1. The highest BCUT2D eigenvalue weighted by molar-refractivity contribution is 6.07. The van der Waals surface area contributed by atoms with Crippen molar-refractivity contribution in [2.75, 3.05) is 16.3 Å². The van der Waals surface area contributed by atoms with Gasteiger partial charge in [-0.2, -0.15) is 0 Å². The third kappa shape index (κ3) is 5.00. The third-order valence-corrected chi connectivity index (χ3v) is 9.36. The number of hydrogen-bond acceptors (Lipinski definition) is 6. The zero-order chi connectivity index (χ0) is 30.3. The maximum Gasteiger partial charge on any atom is 0.264 e. The van der Waals surface area contributed by atoms with E-state index in [0.29, 0.717) is 31.6 Å². The summed E-state index contributed by atoms with van der Waals surface area (Å²) < 4.78 is 8.47. The highest BCUT2D eigenvalue weighted by Gasteiger charge is 2.59. The van der Waals surface area contributed by atoms with Crippen molar-refractivity contribution >= 4 is 23.2 Å². The molecule has 2 fully saturated rings. The minimum atomic E-state index is -1.03. The molecule has 226 valence electrons. The first-order valence-corrected chi connectivity index (χ1v) is 15.6. The van der Waals surface area contributed by atoms with Gasteiger partial charge < -0.3 is 19.6 Å². The number of carbonyl (C=O) groups excluding carboxylic acids is 2.